The van der Waals surface area contributed by atoms with Gasteiger partial charge < -0.3 is 5.32 Å². The molecule has 0 radical (unpaired) electrons. The quantitative estimate of drug-likeness (QED) is 0.861. The van der Waals surface area contributed by atoms with Crippen LogP contribution in [-0.4, -0.2) is 52.9 Å². The van der Waals surface area contributed by atoms with Crippen LogP contribution in [0.3, 0.4) is 0 Å². The third-order valence-electron chi connectivity index (χ3n) is 4.83. The van der Waals surface area contributed by atoms with E-state index in [2.05, 4.69) is 20.1 Å². The van der Waals surface area contributed by atoms with E-state index in [-0.39, 0.29) is 17.8 Å². The number of hydrogen-bond acceptors (Lipinski definition) is 4. The van der Waals surface area contributed by atoms with Crippen LogP contribution >= 0.6 is 0 Å². The van der Waals surface area contributed by atoms with E-state index in [1.165, 1.54) is 12.1 Å². The van der Waals surface area contributed by atoms with E-state index < -0.39 is 0 Å². The summed E-state index contributed by atoms with van der Waals surface area (Å²) in [5, 5.41) is 2.94. The van der Waals surface area contributed by atoms with Crippen molar-refractivity contribution in [3.05, 3.63) is 65.7 Å². The Balaban J connectivity index is 1.43. The third kappa shape index (κ3) is 5.09. The van der Waals surface area contributed by atoms with E-state index in [4.69, 9.17) is 0 Å². The number of nitrogens with one attached hydrogen (secondary N) is 1. The van der Waals surface area contributed by atoms with Crippen molar-refractivity contribution < 1.29 is 9.18 Å². The highest BCUT2D eigenvalue weighted by atomic mass is 19.1. The van der Waals surface area contributed by atoms with Crippen LogP contribution in [0.2, 0.25) is 0 Å². The molecule has 2 aromatic rings. The lowest BCUT2D eigenvalue weighted by molar-refractivity contribution is -0.126. The first kappa shape index (κ1) is 18.5. The molecular weight excluding hydrogens is 331 g/mol. The zero-order valence-electron chi connectivity index (χ0n) is 15.1. The van der Waals surface area contributed by atoms with Crippen molar-refractivity contribution in [3.63, 3.8) is 0 Å². The van der Waals surface area contributed by atoms with E-state index in [1.54, 1.807) is 12.1 Å². The van der Waals surface area contributed by atoms with E-state index in [9.17, 15) is 9.18 Å². The largest absolute Gasteiger partial charge is 0.351 e. The van der Waals surface area contributed by atoms with Gasteiger partial charge in [0.25, 0.3) is 0 Å². The molecule has 1 amide bonds. The lowest BCUT2D eigenvalue weighted by atomic mass is 10.2. The van der Waals surface area contributed by atoms with Crippen molar-refractivity contribution in [1.82, 2.24) is 20.1 Å². The first-order chi connectivity index (χ1) is 12.6. The number of halogens is 1. The van der Waals surface area contributed by atoms with Gasteiger partial charge in [0.15, 0.2) is 0 Å². The Kier molecular flexibility index (Phi) is 6.30. The fraction of sp³-hybridized carbons (Fsp3) is 0.400. The Morgan fingerprint density at radius 3 is 2.54 bits per heavy atom. The summed E-state index contributed by atoms with van der Waals surface area (Å²) in [5.41, 5.74) is 1.97. The molecule has 2 heterocycles. The van der Waals surface area contributed by atoms with Gasteiger partial charge in [-0.25, -0.2) is 4.39 Å². The molecule has 1 aliphatic heterocycles. The molecule has 1 fully saturated rings. The lowest BCUT2D eigenvalue weighted by Gasteiger charge is -2.37. The molecule has 1 saturated heterocycles. The second kappa shape index (κ2) is 8.87. The fourth-order valence-corrected chi connectivity index (χ4v) is 3.13. The second-order valence-corrected chi connectivity index (χ2v) is 6.65. The van der Waals surface area contributed by atoms with E-state index in [0.717, 1.165) is 44.0 Å². The Morgan fingerprint density at radius 2 is 1.88 bits per heavy atom. The summed E-state index contributed by atoms with van der Waals surface area (Å²) in [6.45, 7) is 6.77. The molecule has 26 heavy (non-hydrogen) atoms. The van der Waals surface area contributed by atoms with Crippen molar-refractivity contribution in [1.29, 1.82) is 0 Å². The highest BCUT2D eigenvalue weighted by molar-refractivity contribution is 5.81. The average Bonchev–Trinajstić information content (AvgIpc) is 2.68. The number of hydrogen-bond donors (Lipinski definition) is 1. The van der Waals surface area contributed by atoms with Crippen molar-refractivity contribution in [2.75, 3.05) is 26.2 Å². The van der Waals surface area contributed by atoms with Gasteiger partial charge in [-0.3, -0.25) is 19.6 Å². The Morgan fingerprint density at radius 1 is 1.15 bits per heavy atom. The molecule has 6 heteroatoms. The van der Waals surface area contributed by atoms with Gasteiger partial charge in [0, 0.05) is 45.5 Å². The monoisotopic (exact) mass is 356 g/mol. The van der Waals surface area contributed by atoms with Crippen LogP contribution in [-0.2, 0) is 17.9 Å². The topological polar surface area (TPSA) is 48.5 Å². The number of piperazine rings is 1. The zero-order valence-corrected chi connectivity index (χ0v) is 15.1. The highest BCUT2D eigenvalue weighted by Gasteiger charge is 2.25. The van der Waals surface area contributed by atoms with Crippen LogP contribution in [0.5, 0.6) is 0 Å². The molecule has 5 nitrogen and oxygen atoms in total. The number of carbonyl (C=O) groups excluding carboxylic acids is 1. The van der Waals surface area contributed by atoms with Gasteiger partial charge in [0.05, 0.1) is 11.7 Å². The van der Waals surface area contributed by atoms with Gasteiger partial charge in [-0.1, -0.05) is 18.2 Å². The molecular formula is C20H25FN4O. The maximum absolute atomic E-state index is 12.9. The van der Waals surface area contributed by atoms with Gasteiger partial charge in [-0.2, -0.15) is 0 Å². The van der Waals surface area contributed by atoms with Gasteiger partial charge in [0.1, 0.15) is 5.82 Å². The number of pyridine rings is 1. The Hall–Kier alpha value is -2.31. The summed E-state index contributed by atoms with van der Waals surface area (Å²) in [4.78, 5) is 21.3. The molecule has 0 bridgehead atoms. The molecule has 0 aliphatic carbocycles. The number of carbonyl (C=O) groups is 1. The second-order valence-electron chi connectivity index (χ2n) is 6.65. The van der Waals surface area contributed by atoms with Crippen LogP contribution < -0.4 is 5.32 Å². The SMILES string of the molecule is CC(C(=O)NCc1ccc(F)cc1)N1CCN(Cc2ccccn2)CC1. The summed E-state index contributed by atoms with van der Waals surface area (Å²) in [7, 11) is 0. The first-order valence-corrected chi connectivity index (χ1v) is 9.00. The molecule has 0 spiro atoms. The molecule has 1 aromatic heterocycles. The molecule has 3 rings (SSSR count). The Bertz CT molecular complexity index is 700. The van der Waals surface area contributed by atoms with E-state index >= 15 is 0 Å². The van der Waals surface area contributed by atoms with Crippen molar-refractivity contribution in [2.45, 2.75) is 26.1 Å². The minimum absolute atomic E-state index is 0.00695. The maximum Gasteiger partial charge on any atom is 0.237 e. The number of aromatic nitrogens is 1. The molecule has 1 N–H and O–H groups in total. The van der Waals surface area contributed by atoms with Crippen molar-refractivity contribution >= 4 is 5.91 Å². The first-order valence-electron chi connectivity index (χ1n) is 9.00. The number of amides is 1. The van der Waals surface area contributed by atoms with E-state index in [0.29, 0.717) is 6.54 Å². The summed E-state index contributed by atoms with van der Waals surface area (Å²) in [5.74, 6) is -0.260. The third-order valence-corrected chi connectivity index (χ3v) is 4.83. The fourth-order valence-electron chi connectivity index (χ4n) is 3.13. The predicted octanol–water partition coefficient (Wildman–Crippen LogP) is 2.04. The molecule has 1 unspecified atom stereocenters. The minimum Gasteiger partial charge on any atom is -0.351 e. The van der Waals surface area contributed by atoms with Crippen molar-refractivity contribution in [2.24, 2.45) is 0 Å². The summed E-state index contributed by atoms with van der Waals surface area (Å²) < 4.78 is 12.9. The summed E-state index contributed by atoms with van der Waals surface area (Å²) >= 11 is 0. The van der Waals surface area contributed by atoms with Crippen LogP contribution in [0.1, 0.15) is 18.2 Å². The van der Waals surface area contributed by atoms with E-state index in [1.807, 2.05) is 31.3 Å². The van der Waals surface area contributed by atoms with Gasteiger partial charge in [-0.15, -0.1) is 0 Å². The molecule has 1 aliphatic rings. The number of benzene rings is 1. The molecule has 1 aromatic carbocycles. The number of nitrogens with zero attached hydrogens (tertiary/aromatic N) is 3. The van der Waals surface area contributed by atoms with Crippen LogP contribution in [0.25, 0.3) is 0 Å². The standard InChI is InChI=1S/C20H25FN4O/c1-16(20(26)23-14-17-5-7-18(21)8-6-17)25-12-10-24(11-13-25)15-19-4-2-3-9-22-19/h2-9,16H,10-15H2,1H3,(H,23,26). The van der Waals surface area contributed by atoms with Gasteiger partial charge in [0.2, 0.25) is 5.91 Å². The van der Waals surface area contributed by atoms with Crippen LogP contribution in [0.15, 0.2) is 48.7 Å². The summed E-state index contributed by atoms with van der Waals surface area (Å²) in [6, 6.07) is 12.0. The summed E-state index contributed by atoms with van der Waals surface area (Å²) in [6.07, 6.45) is 1.82. The molecule has 0 saturated carbocycles. The van der Waals surface area contributed by atoms with Crippen LogP contribution in [0, 0.1) is 5.82 Å². The number of rotatable bonds is 6. The molecule has 1 atom stereocenters. The minimum atomic E-state index is -0.267. The van der Waals surface area contributed by atoms with Gasteiger partial charge in [-0.05, 0) is 36.8 Å². The smallest absolute Gasteiger partial charge is 0.237 e. The van der Waals surface area contributed by atoms with Crippen molar-refractivity contribution in [3.8, 4) is 0 Å². The van der Waals surface area contributed by atoms with Crippen LogP contribution in [0.4, 0.5) is 4.39 Å². The zero-order chi connectivity index (χ0) is 18.4. The average molecular weight is 356 g/mol. The maximum atomic E-state index is 12.9. The highest BCUT2D eigenvalue weighted by Crippen LogP contribution is 2.10. The van der Waals surface area contributed by atoms with Gasteiger partial charge >= 0.3 is 0 Å². The lowest BCUT2D eigenvalue weighted by Crippen LogP contribution is -2.53. The Labute approximate surface area is 153 Å². The normalized spacial score (nSPS) is 17.0. The predicted molar refractivity (Wildman–Crippen MR) is 98.8 cm³/mol. The molecule has 138 valence electrons.